The Morgan fingerprint density at radius 3 is 2.59 bits per heavy atom. The number of ether oxygens (including phenoxy) is 4. The summed E-state index contributed by atoms with van der Waals surface area (Å²) in [4.78, 5) is 38.3. The number of anilines is 1. The third-order valence-electron chi connectivity index (χ3n) is 11.8. The number of fused-ring (bicyclic) bond motifs is 2. The van der Waals surface area contributed by atoms with Crippen molar-refractivity contribution in [1.29, 1.82) is 0 Å². The van der Waals surface area contributed by atoms with Crippen molar-refractivity contribution in [2.24, 2.45) is 0 Å². The van der Waals surface area contributed by atoms with E-state index in [4.69, 9.17) is 37.0 Å². The summed E-state index contributed by atoms with van der Waals surface area (Å²) in [5.41, 5.74) is 3.49. The van der Waals surface area contributed by atoms with E-state index < -0.39 is 36.5 Å². The maximum Gasteiger partial charge on any atom is 0.345 e. The van der Waals surface area contributed by atoms with Crippen molar-refractivity contribution in [2.45, 2.75) is 64.3 Å². The summed E-state index contributed by atoms with van der Waals surface area (Å²) >= 11 is 8.58. The van der Waals surface area contributed by atoms with E-state index in [2.05, 4.69) is 42.7 Å². The topological polar surface area (TPSA) is 136 Å². The first kappa shape index (κ1) is 46.6. The molecule has 3 aromatic heterocycles. The second kappa shape index (κ2) is 20.3. The zero-order valence-electron chi connectivity index (χ0n) is 36.7. The monoisotopic (exact) mass is 943 g/mol. The predicted molar refractivity (Wildman–Crippen MR) is 247 cm³/mol. The molecule has 18 heteroatoms. The highest BCUT2D eigenvalue weighted by molar-refractivity contribution is 7.22. The van der Waals surface area contributed by atoms with Gasteiger partial charge in [-0.2, -0.15) is 0 Å². The van der Waals surface area contributed by atoms with E-state index in [0.29, 0.717) is 80.5 Å². The highest BCUT2D eigenvalue weighted by Gasteiger charge is 2.36. The molecule has 0 unspecified atom stereocenters. The molecule has 3 aliphatic rings. The number of terminal acetylenes is 1. The Labute approximate surface area is 389 Å². The van der Waals surface area contributed by atoms with Crippen LogP contribution in [0, 0.1) is 18.2 Å². The zero-order chi connectivity index (χ0) is 46.5. The first-order valence-electron chi connectivity index (χ1n) is 21.7. The Kier molecular flexibility index (Phi) is 14.3. The van der Waals surface area contributed by atoms with Crippen molar-refractivity contribution in [3.8, 4) is 40.2 Å². The van der Waals surface area contributed by atoms with Crippen LogP contribution in [0.3, 0.4) is 0 Å². The molecule has 2 saturated heterocycles. The van der Waals surface area contributed by atoms with Gasteiger partial charge in [-0.15, -0.1) is 17.8 Å². The summed E-state index contributed by atoms with van der Waals surface area (Å²) in [5, 5.41) is 11.4. The fourth-order valence-electron chi connectivity index (χ4n) is 8.33. The number of rotatable bonds is 9. The van der Waals surface area contributed by atoms with Crippen LogP contribution in [-0.2, 0) is 22.6 Å². The molecule has 8 rings (SSSR count). The number of alkyl halides is 2. The van der Waals surface area contributed by atoms with Crippen LogP contribution < -0.4 is 19.1 Å². The quantitative estimate of drug-likeness (QED) is 0.142. The number of aliphatic carboxylic acids is 1. The molecule has 346 valence electrons. The van der Waals surface area contributed by atoms with E-state index in [1.165, 1.54) is 40.9 Å². The van der Waals surface area contributed by atoms with Gasteiger partial charge in [-0.1, -0.05) is 30.7 Å². The van der Waals surface area contributed by atoms with Gasteiger partial charge in [0.25, 0.3) is 5.92 Å². The summed E-state index contributed by atoms with van der Waals surface area (Å²) < 4.78 is 68.7. The number of carbonyl (C=O) groups is 1. The molecular formula is C48H49ClF3N7O6S. The van der Waals surface area contributed by atoms with Crippen LogP contribution in [0.1, 0.15) is 49.9 Å². The molecule has 0 spiro atoms. The molecule has 0 saturated carbocycles. The van der Waals surface area contributed by atoms with E-state index in [9.17, 15) is 23.1 Å². The lowest BCUT2D eigenvalue weighted by molar-refractivity contribution is -0.145. The van der Waals surface area contributed by atoms with E-state index in [-0.39, 0.29) is 48.7 Å². The molecule has 3 aliphatic heterocycles. The molecule has 0 radical (unpaired) electrons. The third-order valence-corrected chi connectivity index (χ3v) is 13.4. The smallest absolute Gasteiger partial charge is 0.345 e. The van der Waals surface area contributed by atoms with Gasteiger partial charge in [0, 0.05) is 74.3 Å². The number of nitrogens with zero attached hydrogens (tertiary/aromatic N) is 7. The molecule has 1 N–H and O–H groups in total. The highest BCUT2D eigenvalue weighted by Crippen LogP contribution is 2.47. The van der Waals surface area contributed by atoms with Crippen molar-refractivity contribution in [3.05, 3.63) is 100 Å². The Morgan fingerprint density at radius 2 is 1.86 bits per heavy atom. The summed E-state index contributed by atoms with van der Waals surface area (Å²) in [5.74, 6) is -0.873. The number of allylic oxidation sites excluding steroid dienone is 4. The number of carboxylic acids is 1. The minimum absolute atomic E-state index is 0.00234. The van der Waals surface area contributed by atoms with Gasteiger partial charge in [0.05, 0.1) is 22.7 Å². The molecule has 5 aromatic rings. The number of carboxylic acid groups (broad SMARTS) is 1. The van der Waals surface area contributed by atoms with Crippen molar-refractivity contribution in [3.63, 3.8) is 0 Å². The van der Waals surface area contributed by atoms with Gasteiger partial charge in [0.15, 0.2) is 5.76 Å². The third kappa shape index (κ3) is 10.7. The lowest BCUT2D eigenvalue weighted by Gasteiger charge is -2.34. The van der Waals surface area contributed by atoms with Gasteiger partial charge in [-0.05, 0) is 85.8 Å². The minimum Gasteiger partial charge on any atom is -0.490 e. The van der Waals surface area contributed by atoms with Gasteiger partial charge in [-0.3, -0.25) is 4.90 Å². The van der Waals surface area contributed by atoms with Gasteiger partial charge in [-0.25, -0.2) is 37.9 Å². The molecule has 6 heterocycles. The maximum absolute atomic E-state index is 14.3. The van der Waals surface area contributed by atoms with Crippen molar-refractivity contribution < 1.29 is 42.0 Å². The van der Waals surface area contributed by atoms with Gasteiger partial charge in [0.2, 0.25) is 17.9 Å². The normalized spacial score (nSPS) is 22.1. The number of aromatic nitrogens is 4. The summed E-state index contributed by atoms with van der Waals surface area (Å²) in [6.45, 7) is 7.46. The number of hydrogen-bond acceptors (Lipinski definition) is 13. The number of likely N-dealkylation sites (N-methyl/N-ethyl adjacent to an activating group) is 1. The second-order valence-corrected chi connectivity index (χ2v) is 17.9. The van der Waals surface area contributed by atoms with Crippen molar-refractivity contribution in [1.82, 2.24) is 29.7 Å². The number of piperazine rings is 1. The number of thiophene rings is 1. The van der Waals surface area contributed by atoms with Crippen LogP contribution in [-0.4, -0.2) is 118 Å². The lowest BCUT2D eigenvalue weighted by atomic mass is 9.93. The van der Waals surface area contributed by atoms with Gasteiger partial charge < -0.3 is 33.9 Å². The van der Waals surface area contributed by atoms with Crippen LogP contribution >= 0.6 is 22.9 Å². The van der Waals surface area contributed by atoms with Crippen LogP contribution in [0.5, 0.6) is 17.4 Å². The molecule has 66 heavy (non-hydrogen) atoms. The summed E-state index contributed by atoms with van der Waals surface area (Å²) in [6, 6.07) is 12.7. The predicted octanol–water partition coefficient (Wildman–Crippen LogP) is 8.47. The van der Waals surface area contributed by atoms with Crippen LogP contribution in [0.2, 0.25) is 0 Å². The van der Waals surface area contributed by atoms with Gasteiger partial charge >= 0.3 is 5.97 Å². The Bertz CT molecular complexity index is 2690. The fourth-order valence-corrected chi connectivity index (χ4v) is 9.71. The molecule has 2 bridgehead atoms. The molecule has 13 nitrogen and oxygen atoms in total. The first-order chi connectivity index (χ1) is 31.8. The van der Waals surface area contributed by atoms with E-state index in [1.807, 2.05) is 13.8 Å². The average molecular weight is 944 g/mol. The summed E-state index contributed by atoms with van der Waals surface area (Å²) in [6.07, 6.45) is 7.20. The number of halogens is 4. The molecule has 2 atom stereocenters. The molecule has 2 aromatic carbocycles. The minimum atomic E-state index is -2.85. The van der Waals surface area contributed by atoms with E-state index >= 15 is 0 Å². The largest absolute Gasteiger partial charge is 0.490 e. The Hall–Kier alpha value is -5.93. The standard InChI is InChI=1S/C48H49ClF3N7O6S/c1-5-36-29(3)42(49)37(6-2)64-35(24-58-20-18-57(4)19-21-58)26-62-34-12-13-38(63-25-33-14-16-53-47(56-33)59-17-7-15-48(51,52)27-59)31(22-34)23-39(46(60)61)65-44-41-40(36)43(66-45(41)55-28-54-44)30-8-10-32(50)11-9-30/h2,8-14,16,22,28,35,39H,5,7,15,17-21,23-27H2,1,3-4H3,(H,60,61)/b36-29+,42-37-/t35-,39-/m1/s1. The van der Waals surface area contributed by atoms with Crippen LogP contribution in [0.4, 0.5) is 19.1 Å². The fraction of sp³-hybridized carbons (Fsp3) is 0.396. The molecule has 0 amide bonds. The second-order valence-electron chi connectivity index (χ2n) is 16.5. The van der Waals surface area contributed by atoms with Crippen LogP contribution in [0.15, 0.2) is 77.4 Å². The maximum atomic E-state index is 14.3. The van der Waals surface area contributed by atoms with Gasteiger partial charge in [0.1, 0.15) is 47.8 Å². The number of hydrogen-bond donors (Lipinski definition) is 1. The summed E-state index contributed by atoms with van der Waals surface area (Å²) in [7, 11) is 2.08. The number of piperidine rings is 1. The first-order valence-corrected chi connectivity index (χ1v) is 22.9. The number of benzene rings is 2. The highest BCUT2D eigenvalue weighted by atomic mass is 35.5. The zero-order valence-corrected chi connectivity index (χ0v) is 38.3. The van der Waals surface area contributed by atoms with E-state index in [0.717, 1.165) is 31.8 Å². The Balaban J connectivity index is 1.23. The SMILES string of the molecule is C#C/C1=C(Cl)\C(C)=C(/CC)c2c(-c3ccc(F)cc3)sc3ncnc(c23)O[C@@H](C(=O)O)Cc2cc(ccc2OCc2ccnc(N3CCCC(F)(F)C3)n2)OC[C@@H](CN2CCN(C)CC2)O1. The lowest BCUT2D eigenvalue weighted by Crippen LogP contribution is -2.48. The molecule has 2 fully saturated rings. The average Bonchev–Trinajstić information content (AvgIpc) is 3.69. The molecule has 0 aliphatic carbocycles. The van der Waals surface area contributed by atoms with Crippen LogP contribution in [0.25, 0.3) is 26.2 Å². The van der Waals surface area contributed by atoms with Crippen molar-refractivity contribution >= 4 is 50.6 Å². The van der Waals surface area contributed by atoms with Crippen molar-refractivity contribution in [2.75, 3.05) is 64.4 Å². The van der Waals surface area contributed by atoms with E-state index in [1.54, 1.807) is 36.4 Å². The molecular weight excluding hydrogens is 895 g/mol. The Morgan fingerprint density at radius 1 is 1.08 bits per heavy atom.